The molecule has 12 rings (SSSR count). The molecule has 0 unspecified atom stereocenters. The second-order valence-electron chi connectivity index (χ2n) is 19.8. The van der Waals surface area contributed by atoms with Crippen molar-refractivity contribution < 1.29 is 13.2 Å². The van der Waals surface area contributed by atoms with Crippen molar-refractivity contribution in [3.05, 3.63) is 238 Å². The number of fused-ring (bicyclic) bond motifs is 6. The largest absolute Gasteiger partial charge is 0.420 e. The number of alkyl halides is 3. The van der Waals surface area contributed by atoms with Gasteiger partial charge >= 0.3 is 6.18 Å². The molecule has 0 aliphatic carbocycles. The molecule has 12 aromatic rings. The maximum absolute atomic E-state index is 17.5. The Hall–Kier alpha value is -13.0. The van der Waals surface area contributed by atoms with Crippen LogP contribution >= 0.6 is 0 Å². The van der Waals surface area contributed by atoms with Crippen molar-refractivity contribution in [3.8, 4) is 122 Å². The predicted octanol–water partition coefficient (Wildman–Crippen LogP) is 16.1. The molecule has 10 aromatic carbocycles. The Morgan fingerprint density at radius 1 is 0.250 bits per heavy atom. The monoisotopic (exact) mass is 1080 g/mol. The highest BCUT2D eigenvalue weighted by atomic mass is 19.4. The van der Waals surface area contributed by atoms with Gasteiger partial charge in [0.2, 0.25) is 0 Å². The summed E-state index contributed by atoms with van der Waals surface area (Å²) < 4.78 is 55.5. The summed E-state index contributed by atoms with van der Waals surface area (Å²) >= 11 is 0. The van der Waals surface area contributed by atoms with Crippen LogP contribution in [0.3, 0.4) is 0 Å². The van der Waals surface area contributed by atoms with E-state index in [2.05, 4.69) is 54.6 Å². The Kier molecular flexibility index (Phi) is 12.5. The van der Waals surface area contributed by atoms with Gasteiger partial charge < -0.3 is 9.13 Å². The summed E-state index contributed by atoms with van der Waals surface area (Å²) in [5.41, 5.74) is 5.33. The average Bonchev–Trinajstić information content (AvgIpc) is 2.45. The van der Waals surface area contributed by atoms with E-state index in [9.17, 15) is 47.4 Å². The van der Waals surface area contributed by atoms with Gasteiger partial charge in [-0.2, -0.15) is 60.5 Å². The van der Waals surface area contributed by atoms with Gasteiger partial charge in [0.15, 0.2) is 0 Å². The third-order valence-corrected chi connectivity index (χ3v) is 14.8. The van der Waals surface area contributed by atoms with Crippen molar-refractivity contribution in [3.63, 3.8) is 0 Å². The third-order valence-electron chi connectivity index (χ3n) is 14.8. The predicted molar refractivity (Wildman–Crippen MR) is 310 cm³/mol. The van der Waals surface area contributed by atoms with Gasteiger partial charge in [0.25, 0.3) is 0 Å². The highest BCUT2D eigenvalue weighted by molar-refractivity contribution is 6.13. The van der Waals surface area contributed by atoms with Crippen LogP contribution in [-0.4, -0.2) is 9.13 Å². The van der Waals surface area contributed by atoms with Gasteiger partial charge in [-0.05, 0) is 177 Å². The van der Waals surface area contributed by atoms with Gasteiger partial charge in [-0.15, -0.1) is 0 Å². The van der Waals surface area contributed by atoms with Crippen LogP contribution < -0.4 is 0 Å². The first kappa shape index (κ1) is 51.7. The van der Waals surface area contributed by atoms with Crippen molar-refractivity contribution in [2.45, 2.75) is 6.18 Å². The van der Waals surface area contributed by atoms with Crippen LogP contribution in [0.15, 0.2) is 182 Å². The number of hydrogen-bond acceptors (Lipinski definition) is 9. The lowest BCUT2D eigenvalue weighted by molar-refractivity contribution is -0.137. The molecule has 0 bridgehead atoms. The van der Waals surface area contributed by atoms with Crippen LogP contribution in [0.1, 0.15) is 55.6 Å². The molecule has 0 spiro atoms. The number of aromatic nitrogens is 2. The van der Waals surface area contributed by atoms with E-state index in [0.29, 0.717) is 71.6 Å². The van der Waals surface area contributed by atoms with Crippen molar-refractivity contribution in [1.29, 1.82) is 47.4 Å². The highest BCUT2D eigenvalue weighted by Crippen LogP contribution is 2.48. The molecule has 0 fully saturated rings. The Balaban J connectivity index is 1.28. The lowest BCUT2D eigenvalue weighted by atomic mass is 9.97. The van der Waals surface area contributed by atoms with Gasteiger partial charge in [-0.3, -0.25) is 0 Å². The normalized spacial score (nSPS) is 10.9. The molecule has 0 atom stereocenters. The van der Waals surface area contributed by atoms with E-state index in [0.717, 1.165) is 0 Å². The molecular weight excluding hydrogens is 1050 g/mol. The summed E-state index contributed by atoms with van der Waals surface area (Å²) in [7, 11) is 0. The molecule has 84 heavy (non-hydrogen) atoms. The van der Waals surface area contributed by atoms with E-state index in [1.54, 1.807) is 146 Å². The van der Waals surface area contributed by atoms with E-state index in [-0.39, 0.29) is 89.1 Å². The third kappa shape index (κ3) is 8.93. The molecule has 0 saturated carbocycles. The zero-order valence-electron chi connectivity index (χ0n) is 43.4. The zero-order valence-corrected chi connectivity index (χ0v) is 43.4. The number of nitrogens with zero attached hydrogens (tertiary/aromatic N) is 11. The van der Waals surface area contributed by atoms with Crippen molar-refractivity contribution in [1.82, 2.24) is 9.13 Å². The minimum Gasteiger partial charge on any atom is -0.308 e. The minimum absolute atomic E-state index is 0.186. The number of hydrogen-bond donors (Lipinski definition) is 0. The Morgan fingerprint density at radius 3 is 0.738 bits per heavy atom. The van der Waals surface area contributed by atoms with Crippen LogP contribution in [0.25, 0.3) is 111 Å². The van der Waals surface area contributed by atoms with Crippen LogP contribution in [0.5, 0.6) is 0 Å². The smallest absolute Gasteiger partial charge is 0.308 e. The maximum Gasteiger partial charge on any atom is 0.420 e. The van der Waals surface area contributed by atoms with Crippen molar-refractivity contribution >= 4 is 43.6 Å². The van der Waals surface area contributed by atoms with Crippen LogP contribution in [0.2, 0.25) is 0 Å². The van der Waals surface area contributed by atoms with Crippen LogP contribution in [-0.2, 0) is 6.18 Å². The molecule has 14 heteroatoms. The fourth-order valence-electron chi connectivity index (χ4n) is 11.2. The molecule has 0 N–H and O–H groups in total. The highest BCUT2D eigenvalue weighted by Gasteiger charge is 2.40. The minimum atomic E-state index is -5.19. The van der Waals surface area contributed by atoms with Gasteiger partial charge in [0.05, 0.1) is 138 Å². The number of rotatable bonds is 7. The Bertz CT molecular complexity index is 4640. The van der Waals surface area contributed by atoms with Gasteiger partial charge in [0, 0.05) is 21.5 Å². The molecule has 11 nitrogen and oxygen atoms in total. The molecule has 0 amide bonds. The number of benzene rings is 10. The average molecular weight is 1080 g/mol. The maximum atomic E-state index is 17.5. The standard InChI is InChI=1S/C70H30F3N11/c71-70(72,73)69-67(83-63-25-50(54-17-41(32-75)12-42(18-54)33-76)4-8-59(63)60-9-5-51(26-64(60)83)55-19-43(34-77)13-44(20-55)35-78)29-58(49-3-1-2-40(16-49)31-74)30-68(69)84-65-27-52(56-21-45(36-79)14-46(22-56)37-80)6-10-61(65)62-11-7-53(28-66(62)84)57-23-47(38-81)15-48(24-57)39-82/h1-30H. The summed E-state index contributed by atoms with van der Waals surface area (Å²) in [4.78, 5) is 0. The number of nitriles is 9. The molecule has 2 aromatic heterocycles. The summed E-state index contributed by atoms with van der Waals surface area (Å²) in [5.74, 6) is 0. The van der Waals surface area contributed by atoms with E-state index in [1.807, 2.05) is 0 Å². The molecule has 0 aliphatic rings. The summed E-state index contributed by atoms with van der Waals surface area (Å²) in [6.45, 7) is 0. The molecule has 0 aliphatic heterocycles. The summed E-state index contributed by atoms with van der Waals surface area (Å²) in [6.07, 6.45) is -5.19. The lowest BCUT2D eigenvalue weighted by Gasteiger charge is -2.23. The topological polar surface area (TPSA) is 224 Å². The van der Waals surface area contributed by atoms with Gasteiger partial charge in [-0.25, -0.2) is 0 Å². The van der Waals surface area contributed by atoms with E-state index in [1.165, 1.54) is 45.5 Å². The SMILES string of the molecule is N#Cc1cccc(-c2cc(-n3c4cc(-c5cc(C#N)cc(C#N)c5)ccc4c4ccc(-c5cc(C#N)cc(C#N)c5)cc43)c(C(F)(F)F)c(-n3c4cc(-c5cc(C#N)cc(C#N)c5)ccc4c4ccc(-c5cc(C#N)cc(C#N)c5)cc43)c2)c1. The van der Waals surface area contributed by atoms with Crippen LogP contribution in [0.4, 0.5) is 13.2 Å². The van der Waals surface area contributed by atoms with Crippen molar-refractivity contribution in [2.75, 3.05) is 0 Å². The van der Waals surface area contributed by atoms with Crippen molar-refractivity contribution in [2.24, 2.45) is 0 Å². The zero-order chi connectivity index (χ0) is 58.6. The molecule has 386 valence electrons. The summed E-state index contributed by atoms with van der Waals surface area (Å²) in [5, 5.41) is 92.6. The fourth-order valence-corrected chi connectivity index (χ4v) is 11.2. The van der Waals surface area contributed by atoms with E-state index < -0.39 is 11.7 Å². The van der Waals surface area contributed by atoms with Gasteiger partial charge in [-0.1, -0.05) is 60.7 Å². The lowest BCUT2D eigenvalue weighted by Crippen LogP contribution is -2.16. The number of halogens is 3. The molecular formula is C70H30F3N11. The van der Waals surface area contributed by atoms with Gasteiger partial charge in [0.1, 0.15) is 5.56 Å². The first-order valence-corrected chi connectivity index (χ1v) is 25.5. The summed E-state index contributed by atoms with van der Waals surface area (Å²) in [6, 6.07) is 67.6. The quantitative estimate of drug-likeness (QED) is 0.148. The second kappa shape index (κ2) is 20.3. The van der Waals surface area contributed by atoms with Crippen LogP contribution in [0, 0.1) is 102 Å². The molecule has 0 saturated heterocycles. The Morgan fingerprint density at radius 2 is 0.488 bits per heavy atom. The first-order chi connectivity index (χ1) is 40.8. The molecule has 2 heterocycles. The Labute approximate surface area is 476 Å². The van der Waals surface area contributed by atoms with E-state index >= 15 is 13.2 Å². The first-order valence-electron chi connectivity index (χ1n) is 25.5. The second-order valence-corrected chi connectivity index (χ2v) is 19.8. The molecule has 0 radical (unpaired) electrons. The van der Waals surface area contributed by atoms with E-state index in [4.69, 9.17) is 0 Å². The fraction of sp³-hybridized carbons (Fsp3) is 0.0143.